The summed E-state index contributed by atoms with van der Waals surface area (Å²) in [6.07, 6.45) is 5.03. The van der Waals surface area contributed by atoms with Crippen molar-refractivity contribution in [2.75, 3.05) is 32.5 Å². The van der Waals surface area contributed by atoms with E-state index in [-0.39, 0.29) is 44.5 Å². The van der Waals surface area contributed by atoms with E-state index >= 15 is 0 Å². The molecular weight excluding hydrogens is 644 g/mol. The highest BCUT2D eigenvalue weighted by atomic mass is 79.9. The van der Waals surface area contributed by atoms with E-state index in [9.17, 15) is 22.6 Å². The SMILES string of the molecule is CC/C(Br)=C\C(F)=C(/C)CO[C@@H]1C[C@@H](C(=O)NCc2ccccc2F)N(C(=O)[C@H](N)CC(N=[S-](C)=O)C2CCNCC2)C1. The maximum absolute atomic E-state index is 14.6. The number of nitrogens with one attached hydrogen (secondary N) is 2. The van der Waals surface area contributed by atoms with E-state index in [1.165, 1.54) is 23.3 Å². The fourth-order valence-electron chi connectivity index (χ4n) is 5.34. The number of nitrogens with zero attached hydrogens (tertiary/aromatic N) is 2. The number of allylic oxidation sites excluding steroid dienone is 3. The summed E-state index contributed by atoms with van der Waals surface area (Å²) in [5, 5.41) is 6.03. The number of halogens is 3. The number of carbonyl (C=O) groups excluding carboxylic acids is 2. The molecule has 2 aliphatic heterocycles. The first-order valence-electron chi connectivity index (χ1n) is 14.6. The summed E-state index contributed by atoms with van der Waals surface area (Å²) in [5.74, 6) is -1.62. The van der Waals surface area contributed by atoms with Gasteiger partial charge in [0.25, 0.3) is 0 Å². The van der Waals surface area contributed by atoms with E-state index in [4.69, 9.17) is 10.5 Å². The molecule has 4 atom stereocenters. The Morgan fingerprint density at radius 1 is 1.33 bits per heavy atom. The molecule has 0 bridgehead atoms. The highest BCUT2D eigenvalue weighted by Gasteiger charge is 2.42. The number of benzene rings is 1. The number of rotatable bonds is 13. The third-order valence-corrected chi connectivity index (χ3v) is 9.21. The number of hydrogen-bond acceptors (Lipinski definition) is 8. The van der Waals surface area contributed by atoms with Crippen molar-refractivity contribution in [1.29, 1.82) is 0 Å². The van der Waals surface area contributed by atoms with Gasteiger partial charge in [0, 0.05) is 31.1 Å². The van der Waals surface area contributed by atoms with Gasteiger partial charge in [0.05, 0.1) is 18.8 Å². The standard InChI is InChI=1S/C30H43BrF2N5O4S/c1-4-22(31)13-25(33)19(2)18-42-23-14-28(29(39)36-16-21-7-5-6-8-24(21)32)38(17-23)30(40)26(34)15-27(37-43(3)41)20-9-11-35-12-10-20/h5-8,13,20,23,26-28,35H,4,9-12,14-18,34H2,1-3H3,(H,36,39)/q-1/b22-13+,25-19-/t23-,26-,27?,28+/m1/s1. The first-order chi connectivity index (χ1) is 20.5. The number of piperidine rings is 1. The van der Waals surface area contributed by atoms with Crippen molar-refractivity contribution in [3.63, 3.8) is 0 Å². The molecule has 0 spiro atoms. The van der Waals surface area contributed by atoms with E-state index in [0.717, 1.165) is 25.9 Å². The van der Waals surface area contributed by atoms with Gasteiger partial charge in [-0.15, -0.1) is 6.26 Å². The topological polar surface area (TPSA) is 126 Å². The van der Waals surface area contributed by atoms with Gasteiger partial charge >= 0.3 is 0 Å². The second kappa shape index (κ2) is 17.3. The normalized spacial score (nSPS) is 22.7. The smallest absolute Gasteiger partial charge is 0.243 e. The number of amides is 2. The Labute approximate surface area is 263 Å². The number of likely N-dealkylation sites (tertiary alicyclic amines) is 1. The molecule has 2 aliphatic rings. The molecule has 0 aromatic heterocycles. The summed E-state index contributed by atoms with van der Waals surface area (Å²) < 4.78 is 51.8. The van der Waals surface area contributed by atoms with Crippen LogP contribution in [0.5, 0.6) is 0 Å². The van der Waals surface area contributed by atoms with Gasteiger partial charge < -0.3 is 34.6 Å². The van der Waals surface area contributed by atoms with E-state index in [2.05, 4.69) is 30.9 Å². The second-order valence-corrected chi connectivity index (χ2v) is 13.2. The van der Waals surface area contributed by atoms with Crippen molar-refractivity contribution >= 4 is 38.3 Å². The fourth-order valence-corrected chi connectivity index (χ4v) is 6.18. The molecule has 0 radical (unpaired) electrons. The van der Waals surface area contributed by atoms with Crippen LogP contribution in [0.4, 0.5) is 8.78 Å². The first-order valence-corrected chi connectivity index (χ1v) is 17.0. The van der Waals surface area contributed by atoms with Crippen molar-refractivity contribution in [3.05, 3.63) is 57.6 Å². The molecule has 2 fully saturated rings. The second-order valence-electron chi connectivity index (χ2n) is 11.1. The van der Waals surface area contributed by atoms with Crippen LogP contribution < -0.4 is 16.4 Å². The summed E-state index contributed by atoms with van der Waals surface area (Å²) in [4.78, 5) is 28.5. The van der Waals surface area contributed by atoms with Crippen molar-refractivity contribution in [2.24, 2.45) is 16.0 Å². The highest BCUT2D eigenvalue weighted by Crippen LogP contribution is 2.27. The third-order valence-electron chi connectivity index (χ3n) is 7.85. The maximum atomic E-state index is 14.6. The fraction of sp³-hybridized carbons (Fsp3) is 0.600. The molecular formula is C30H43BrF2N5O4S-. The zero-order valence-corrected chi connectivity index (χ0v) is 27.4. The van der Waals surface area contributed by atoms with Crippen LogP contribution in [0.1, 0.15) is 51.5 Å². The Kier molecular flexibility index (Phi) is 14.2. The lowest BCUT2D eigenvalue weighted by Gasteiger charge is -2.33. The predicted molar refractivity (Wildman–Crippen MR) is 168 cm³/mol. The van der Waals surface area contributed by atoms with Gasteiger partial charge in [0.1, 0.15) is 17.7 Å². The summed E-state index contributed by atoms with van der Waals surface area (Å²) in [6.45, 7) is 5.16. The predicted octanol–water partition coefficient (Wildman–Crippen LogP) is 4.22. The van der Waals surface area contributed by atoms with Gasteiger partial charge in [-0.3, -0.25) is 9.59 Å². The van der Waals surface area contributed by atoms with Crippen LogP contribution in [-0.2, 0) is 35.7 Å². The minimum atomic E-state index is -1.42. The zero-order valence-electron chi connectivity index (χ0n) is 25.0. The summed E-state index contributed by atoms with van der Waals surface area (Å²) in [7, 11) is -1.42. The Balaban J connectivity index is 1.76. The molecule has 3 rings (SSSR count). The van der Waals surface area contributed by atoms with Gasteiger partial charge in [0.15, 0.2) is 0 Å². The van der Waals surface area contributed by atoms with Crippen LogP contribution in [-0.4, -0.2) is 73.4 Å². The van der Waals surface area contributed by atoms with Crippen LogP contribution in [0, 0.1) is 11.7 Å². The molecule has 240 valence electrons. The molecule has 2 amide bonds. The third kappa shape index (κ3) is 10.7. The molecule has 4 N–H and O–H groups in total. The minimum Gasteiger partial charge on any atom is -0.445 e. The average Bonchev–Trinajstić information content (AvgIpc) is 3.43. The Morgan fingerprint density at radius 2 is 2.02 bits per heavy atom. The van der Waals surface area contributed by atoms with E-state index in [0.29, 0.717) is 22.0 Å². The lowest BCUT2D eigenvalue weighted by molar-refractivity contribution is -0.139. The van der Waals surface area contributed by atoms with Gasteiger partial charge in [-0.1, -0.05) is 41.1 Å². The van der Waals surface area contributed by atoms with Crippen LogP contribution in [0.2, 0.25) is 0 Å². The van der Waals surface area contributed by atoms with E-state index < -0.39 is 52.2 Å². The molecule has 0 saturated carbocycles. The lowest BCUT2D eigenvalue weighted by atomic mass is 9.87. The number of ether oxygens (including phenoxy) is 1. The molecule has 1 unspecified atom stereocenters. The molecule has 2 heterocycles. The molecule has 2 saturated heterocycles. The summed E-state index contributed by atoms with van der Waals surface area (Å²) in [5.41, 5.74) is 7.14. The lowest BCUT2D eigenvalue weighted by Crippen LogP contribution is -2.52. The molecule has 1 aromatic carbocycles. The molecule has 1 aromatic rings. The summed E-state index contributed by atoms with van der Waals surface area (Å²) in [6, 6.07) is 3.88. The van der Waals surface area contributed by atoms with Crippen molar-refractivity contribution in [1.82, 2.24) is 15.5 Å². The number of hydrogen-bond donors (Lipinski definition) is 3. The van der Waals surface area contributed by atoms with E-state index in [1.807, 2.05) is 6.92 Å². The van der Waals surface area contributed by atoms with E-state index in [1.54, 1.807) is 25.1 Å². The van der Waals surface area contributed by atoms with Crippen LogP contribution in [0.3, 0.4) is 0 Å². The Bertz CT molecular complexity index is 1270. The number of carbonyl (C=O) groups is 2. The van der Waals surface area contributed by atoms with Crippen molar-refractivity contribution < 1.29 is 27.3 Å². The monoisotopic (exact) mass is 686 g/mol. The summed E-state index contributed by atoms with van der Waals surface area (Å²) >= 11 is 3.31. The quantitative estimate of drug-likeness (QED) is 0.211. The molecule has 0 aliphatic carbocycles. The minimum absolute atomic E-state index is 0.0202. The van der Waals surface area contributed by atoms with Gasteiger partial charge in [0.2, 0.25) is 11.8 Å². The number of nitrogens with two attached hydrogens (primary N) is 1. The molecule has 13 heteroatoms. The van der Waals surface area contributed by atoms with Gasteiger partial charge in [-0.2, -0.15) is 10.6 Å². The van der Waals surface area contributed by atoms with Crippen molar-refractivity contribution in [3.8, 4) is 0 Å². The first kappa shape index (κ1) is 35.3. The zero-order chi connectivity index (χ0) is 31.5. The molecule has 43 heavy (non-hydrogen) atoms. The van der Waals surface area contributed by atoms with Gasteiger partial charge in [-0.25, -0.2) is 8.78 Å². The van der Waals surface area contributed by atoms with Crippen LogP contribution in [0.25, 0.3) is 0 Å². The average molecular weight is 688 g/mol. The van der Waals surface area contributed by atoms with Gasteiger partial charge in [-0.05, 0) is 73.8 Å². The Morgan fingerprint density at radius 3 is 2.67 bits per heavy atom. The Hall–Kier alpha value is -2.19. The maximum Gasteiger partial charge on any atom is 0.243 e. The van der Waals surface area contributed by atoms with Crippen LogP contribution >= 0.6 is 15.9 Å². The van der Waals surface area contributed by atoms with Crippen LogP contribution in [0.15, 0.2) is 50.6 Å². The molecule has 9 nitrogen and oxygen atoms in total. The highest BCUT2D eigenvalue weighted by molar-refractivity contribution is 9.11. The largest absolute Gasteiger partial charge is 0.445 e. The van der Waals surface area contributed by atoms with Crippen molar-refractivity contribution in [2.45, 2.75) is 76.7 Å².